The maximum Gasteiger partial charge on any atom is 0.239 e. The van der Waals surface area contributed by atoms with E-state index in [1.165, 1.54) is 0 Å². The minimum Gasteiger partial charge on any atom is -0.393 e. The highest BCUT2D eigenvalue weighted by molar-refractivity contribution is 5.84. The number of rotatable bonds is 4. The minimum absolute atomic E-state index is 0.296. The van der Waals surface area contributed by atoms with Gasteiger partial charge in [0.1, 0.15) is 5.41 Å². The Morgan fingerprint density at radius 2 is 2.23 bits per heavy atom. The number of nitriles is 1. The standard InChI is InChI=1S/C9H16N2O2/c1-7(12)4-5-11-8(13)9(2,3)6-10/h7,12H,4-5H2,1-3H3,(H,11,13). The highest BCUT2D eigenvalue weighted by atomic mass is 16.3. The third-order valence-electron chi connectivity index (χ3n) is 1.69. The Morgan fingerprint density at radius 3 is 2.62 bits per heavy atom. The summed E-state index contributed by atoms with van der Waals surface area (Å²) in [4.78, 5) is 11.3. The van der Waals surface area contributed by atoms with Gasteiger partial charge in [0.05, 0.1) is 12.2 Å². The fourth-order valence-electron chi connectivity index (χ4n) is 0.666. The van der Waals surface area contributed by atoms with Crippen LogP contribution in [0.5, 0.6) is 0 Å². The molecular weight excluding hydrogens is 168 g/mol. The Hall–Kier alpha value is -1.08. The molecule has 0 fully saturated rings. The van der Waals surface area contributed by atoms with Gasteiger partial charge in [-0.1, -0.05) is 0 Å². The lowest BCUT2D eigenvalue weighted by atomic mass is 9.95. The zero-order chi connectivity index (χ0) is 10.5. The Bertz CT molecular complexity index is 216. The lowest BCUT2D eigenvalue weighted by molar-refractivity contribution is -0.126. The van der Waals surface area contributed by atoms with Crippen molar-refractivity contribution in [1.82, 2.24) is 5.32 Å². The summed E-state index contributed by atoms with van der Waals surface area (Å²) < 4.78 is 0. The summed E-state index contributed by atoms with van der Waals surface area (Å²) in [6.07, 6.45) is 0.0817. The first kappa shape index (κ1) is 11.9. The van der Waals surface area contributed by atoms with E-state index in [0.29, 0.717) is 13.0 Å². The van der Waals surface area contributed by atoms with Crippen LogP contribution in [-0.4, -0.2) is 23.7 Å². The molecule has 0 heterocycles. The Morgan fingerprint density at radius 1 is 1.69 bits per heavy atom. The summed E-state index contributed by atoms with van der Waals surface area (Å²) >= 11 is 0. The van der Waals surface area contributed by atoms with Gasteiger partial charge >= 0.3 is 0 Å². The molecule has 1 unspecified atom stereocenters. The Labute approximate surface area is 78.6 Å². The second-order valence-electron chi connectivity index (χ2n) is 3.63. The van der Waals surface area contributed by atoms with E-state index >= 15 is 0 Å². The van der Waals surface area contributed by atoms with Crippen LogP contribution in [0, 0.1) is 16.7 Å². The van der Waals surface area contributed by atoms with Crippen LogP contribution in [0.25, 0.3) is 0 Å². The molecule has 0 rings (SSSR count). The molecule has 0 aromatic rings. The van der Waals surface area contributed by atoms with Gasteiger partial charge in [-0.15, -0.1) is 0 Å². The number of hydrogen-bond donors (Lipinski definition) is 2. The maximum atomic E-state index is 11.3. The van der Waals surface area contributed by atoms with E-state index in [0.717, 1.165) is 0 Å². The Balaban J connectivity index is 3.84. The SMILES string of the molecule is CC(O)CCNC(=O)C(C)(C)C#N. The van der Waals surface area contributed by atoms with E-state index in [1.54, 1.807) is 20.8 Å². The van der Waals surface area contributed by atoms with Crippen molar-refractivity contribution in [2.45, 2.75) is 33.3 Å². The van der Waals surface area contributed by atoms with E-state index in [-0.39, 0.29) is 5.91 Å². The van der Waals surface area contributed by atoms with Gasteiger partial charge < -0.3 is 10.4 Å². The number of aliphatic hydroxyl groups excluding tert-OH is 1. The van der Waals surface area contributed by atoms with Crippen LogP contribution < -0.4 is 5.32 Å². The fraction of sp³-hybridized carbons (Fsp3) is 0.778. The molecule has 0 radical (unpaired) electrons. The monoisotopic (exact) mass is 184 g/mol. The molecule has 2 N–H and O–H groups in total. The lowest BCUT2D eigenvalue weighted by Gasteiger charge is -2.15. The lowest BCUT2D eigenvalue weighted by Crippen LogP contribution is -2.37. The van der Waals surface area contributed by atoms with Crippen LogP contribution in [0.1, 0.15) is 27.2 Å². The van der Waals surface area contributed by atoms with Gasteiger partial charge in [-0.05, 0) is 27.2 Å². The summed E-state index contributed by atoms with van der Waals surface area (Å²) in [5.74, 6) is -0.296. The number of amides is 1. The maximum absolute atomic E-state index is 11.3. The van der Waals surface area contributed by atoms with Crippen LogP contribution in [0.3, 0.4) is 0 Å². The smallest absolute Gasteiger partial charge is 0.239 e. The third kappa shape index (κ3) is 4.48. The first-order chi connectivity index (χ1) is 5.90. The number of carbonyl (C=O) groups excluding carboxylic acids is 1. The van der Waals surface area contributed by atoms with Crippen molar-refractivity contribution in [2.24, 2.45) is 5.41 Å². The molecule has 0 spiro atoms. The first-order valence-electron chi connectivity index (χ1n) is 4.28. The van der Waals surface area contributed by atoms with Crippen molar-refractivity contribution >= 4 is 5.91 Å². The van der Waals surface area contributed by atoms with E-state index < -0.39 is 11.5 Å². The van der Waals surface area contributed by atoms with Crippen LogP contribution >= 0.6 is 0 Å². The summed E-state index contributed by atoms with van der Waals surface area (Å²) in [5.41, 5.74) is -0.987. The number of nitrogens with one attached hydrogen (secondary N) is 1. The van der Waals surface area contributed by atoms with Crippen molar-refractivity contribution in [3.8, 4) is 6.07 Å². The molecule has 0 aliphatic heterocycles. The van der Waals surface area contributed by atoms with Crippen LogP contribution in [0.15, 0.2) is 0 Å². The molecule has 74 valence electrons. The van der Waals surface area contributed by atoms with Crippen molar-refractivity contribution < 1.29 is 9.90 Å². The zero-order valence-corrected chi connectivity index (χ0v) is 8.29. The van der Waals surface area contributed by atoms with E-state index in [9.17, 15) is 4.79 Å². The van der Waals surface area contributed by atoms with Gasteiger partial charge in [0, 0.05) is 6.54 Å². The first-order valence-corrected chi connectivity index (χ1v) is 4.28. The largest absolute Gasteiger partial charge is 0.393 e. The molecule has 0 aromatic heterocycles. The summed E-state index contributed by atoms with van der Waals surface area (Å²) in [6, 6.07) is 1.90. The molecule has 4 nitrogen and oxygen atoms in total. The Kier molecular flexibility index (Phi) is 4.43. The molecule has 0 aromatic carbocycles. The topological polar surface area (TPSA) is 73.1 Å². The number of nitrogens with zero attached hydrogens (tertiary/aromatic N) is 1. The minimum atomic E-state index is -0.987. The molecule has 0 aliphatic rings. The van der Waals surface area contributed by atoms with Crippen LogP contribution in [-0.2, 0) is 4.79 Å². The van der Waals surface area contributed by atoms with Gasteiger partial charge in [0.15, 0.2) is 0 Å². The number of carbonyl (C=O) groups is 1. The van der Waals surface area contributed by atoms with Crippen molar-refractivity contribution in [1.29, 1.82) is 5.26 Å². The molecule has 0 aliphatic carbocycles. The molecular formula is C9H16N2O2. The highest BCUT2D eigenvalue weighted by Gasteiger charge is 2.26. The van der Waals surface area contributed by atoms with Crippen LogP contribution in [0.2, 0.25) is 0 Å². The highest BCUT2D eigenvalue weighted by Crippen LogP contribution is 2.12. The van der Waals surface area contributed by atoms with Gasteiger partial charge in [-0.25, -0.2) is 0 Å². The van der Waals surface area contributed by atoms with E-state index in [1.807, 2.05) is 6.07 Å². The quantitative estimate of drug-likeness (QED) is 0.665. The van der Waals surface area contributed by atoms with Crippen molar-refractivity contribution in [2.75, 3.05) is 6.54 Å². The molecule has 13 heavy (non-hydrogen) atoms. The number of aliphatic hydroxyl groups is 1. The fourth-order valence-corrected chi connectivity index (χ4v) is 0.666. The van der Waals surface area contributed by atoms with E-state index in [4.69, 9.17) is 10.4 Å². The molecule has 0 saturated heterocycles. The predicted molar refractivity (Wildman–Crippen MR) is 48.7 cm³/mol. The second-order valence-corrected chi connectivity index (χ2v) is 3.63. The van der Waals surface area contributed by atoms with Crippen molar-refractivity contribution in [3.05, 3.63) is 0 Å². The predicted octanol–water partition coefficient (Wildman–Crippen LogP) is 0.423. The van der Waals surface area contributed by atoms with Crippen LogP contribution in [0.4, 0.5) is 0 Å². The van der Waals surface area contributed by atoms with E-state index in [2.05, 4.69) is 5.32 Å². The molecule has 0 bridgehead atoms. The zero-order valence-electron chi connectivity index (χ0n) is 8.29. The summed E-state index contributed by atoms with van der Waals surface area (Å²) in [7, 11) is 0. The molecule has 1 atom stereocenters. The van der Waals surface area contributed by atoms with Crippen molar-refractivity contribution in [3.63, 3.8) is 0 Å². The molecule has 1 amide bonds. The second kappa shape index (κ2) is 4.83. The summed E-state index contributed by atoms with van der Waals surface area (Å²) in [6.45, 7) is 5.18. The van der Waals surface area contributed by atoms with Gasteiger partial charge in [-0.3, -0.25) is 4.79 Å². The normalized spacial score (nSPS) is 13.2. The number of hydrogen-bond acceptors (Lipinski definition) is 3. The summed E-state index contributed by atoms with van der Waals surface area (Å²) in [5, 5.41) is 20.1. The third-order valence-corrected chi connectivity index (χ3v) is 1.69. The van der Waals surface area contributed by atoms with Gasteiger partial charge in [-0.2, -0.15) is 5.26 Å². The van der Waals surface area contributed by atoms with Gasteiger partial charge in [0.2, 0.25) is 5.91 Å². The molecule has 4 heteroatoms. The molecule has 0 saturated carbocycles. The average Bonchev–Trinajstić information content (AvgIpc) is 2.03. The van der Waals surface area contributed by atoms with Gasteiger partial charge in [0.25, 0.3) is 0 Å². The average molecular weight is 184 g/mol.